The van der Waals surface area contributed by atoms with Crippen molar-refractivity contribution in [1.29, 1.82) is 0 Å². The Hall–Kier alpha value is -1.11. The van der Waals surface area contributed by atoms with Crippen molar-refractivity contribution in [2.24, 2.45) is 0 Å². The van der Waals surface area contributed by atoms with Crippen molar-refractivity contribution in [3.8, 4) is 0 Å². The zero-order valence-corrected chi connectivity index (χ0v) is 7.75. The molecule has 0 fully saturated rings. The molecule has 0 aliphatic carbocycles. The van der Waals surface area contributed by atoms with E-state index < -0.39 is 10.1 Å². The van der Waals surface area contributed by atoms with E-state index in [9.17, 15) is 8.42 Å². The Bertz CT molecular complexity index is 371. The lowest BCUT2D eigenvalue weighted by molar-refractivity contribution is -0.412. The van der Waals surface area contributed by atoms with Gasteiger partial charge >= 0.3 is 10.1 Å². The summed E-state index contributed by atoms with van der Waals surface area (Å²) in [6.07, 6.45) is 0. The molecule has 0 heterocycles. The third-order valence-corrected chi connectivity index (χ3v) is 2.73. The van der Waals surface area contributed by atoms with Crippen LogP contribution in [0.1, 0.15) is 0 Å². The number of hydrogen-bond acceptors (Lipinski definition) is 4. The van der Waals surface area contributed by atoms with Crippen LogP contribution in [0.4, 0.5) is 5.69 Å². The second-order valence-corrected chi connectivity index (χ2v) is 3.96. The number of hydrogen-bond donors (Lipinski definition) is 2. The lowest BCUT2D eigenvalue weighted by Gasteiger charge is -2.01. The van der Waals surface area contributed by atoms with Gasteiger partial charge in [-0.2, -0.15) is 8.42 Å². The zero-order valence-electron chi connectivity index (χ0n) is 6.93. The predicted octanol–water partition coefficient (Wildman–Crippen LogP) is -0.826. The summed E-state index contributed by atoms with van der Waals surface area (Å²) in [5, 5.41) is 0. The van der Waals surface area contributed by atoms with Gasteiger partial charge in [-0.15, -0.1) is 0 Å². The maximum Gasteiger partial charge on any atom is 0.301 e. The van der Waals surface area contributed by atoms with Gasteiger partial charge in [-0.05, 0) is 24.3 Å². The highest BCUT2D eigenvalue weighted by molar-refractivity contribution is 7.86. The number of benzene rings is 1. The van der Waals surface area contributed by atoms with Crippen LogP contribution < -0.4 is 11.5 Å². The van der Waals surface area contributed by atoms with Crippen molar-refractivity contribution in [2.45, 2.75) is 4.90 Å². The first kappa shape index (κ1) is 9.97. The highest BCUT2D eigenvalue weighted by Gasteiger charge is 2.13. The van der Waals surface area contributed by atoms with Crippen LogP contribution in [0.25, 0.3) is 0 Å². The van der Waals surface area contributed by atoms with Crippen molar-refractivity contribution in [1.82, 2.24) is 0 Å². The molecule has 72 valence electrons. The second kappa shape index (κ2) is 3.73. The van der Waals surface area contributed by atoms with Gasteiger partial charge in [0, 0.05) is 5.69 Å². The molecule has 0 amide bonds. The maximum absolute atomic E-state index is 11.2. The fraction of sp³-hybridized carbons (Fsp3) is 0.143. The van der Waals surface area contributed by atoms with Gasteiger partial charge in [0.1, 0.15) is 0 Å². The SMILES string of the molecule is Nc1ccc(S(=O)(=O)OC[NH3+])cc1. The molecule has 1 rings (SSSR count). The summed E-state index contributed by atoms with van der Waals surface area (Å²) in [5.41, 5.74) is 9.19. The first-order valence-corrected chi connectivity index (χ1v) is 5.01. The summed E-state index contributed by atoms with van der Waals surface area (Å²) in [7, 11) is -3.65. The van der Waals surface area contributed by atoms with Crippen LogP contribution in [0.5, 0.6) is 0 Å². The fourth-order valence-electron chi connectivity index (χ4n) is 0.812. The summed E-state index contributed by atoms with van der Waals surface area (Å²) in [4.78, 5) is 0.0883. The summed E-state index contributed by atoms with van der Waals surface area (Å²) in [6.45, 7) is -0.118. The Morgan fingerprint density at radius 3 is 2.31 bits per heavy atom. The van der Waals surface area contributed by atoms with E-state index in [1.807, 2.05) is 0 Å². The number of quaternary nitrogens is 1. The normalized spacial score (nSPS) is 11.5. The number of rotatable bonds is 3. The molecule has 0 aliphatic rings. The van der Waals surface area contributed by atoms with Crippen LogP contribution >= 0.6 is 0 Å². The lowest BCUT2D eigenvalue weighted by atomic mass is 10.3. The highest BCUT2D eigenvalue weighted by atomic mass is 32.2. The van der Waals surface area contributed by atoms with Crippen LogP contribution in [0, 0.1) is 0 Å². The molecule has 0 spiro atoms. The lowest BCUT2D eigenvalue weighted by Crippen LogP contribution is -2.52. The topological polar surface area (TPSA) is 97.0 Å². The zero-order chi connectivity index (χ0) is 9.90. The largest absolute Gasteiger partial charge is 0.399 e. The first-order valence-electron chi connectivity index (χ1n) is 3.60. The van der Waals surface area contributed by atoms with Crippen molar-refractivity contribution >= 4 is 15.8 Å². The Labute approximate surface area is 76.4 Å². The minimum Gasteiger partial charge on any atom is -0.399 e. The average Bonchev–Trinajstić information content (AvgIpc) is 2.05. The second-order valence-electron chi connectivity index (χ2n) is 2.35. The van der Waals surface area contributed by atoms with E-state index in [2.05, 4.69) is 9.92 Å². The van der Waals surface area contributed by atoms with Crippen molar-refractivity contribution < 1.29 is 18.3 Å². The molecule has 0 saturated carbocycles. The van der Waals surface area contributed by atoms with E-state index in [0.717, 1.165) is 0 Å². The summed E-state index contributed by atoms with van der Waals surface area (Å²) >= 11 is 0. The molecule has 13 heavy (non-hydrogen) atoms. The molecule has 0 aromatic heterocycles. The standard InChI is InChI=1S/C7H10N2O3S/c8-5-12-13(10,11)7-3-1-6(9)2-4-7/h1-4H,5,8-9H2/p+1. The van der Waals surface area contributed by atoms with E-state index in [-0.39, 0.29) is 11.6 Å². The van der Waals surface area contributed by atoms with Crippen LogP contribution in [0.3, 0.4) is 0 Å². The fourth-order valence-corrected chi connectivity index (χ4v) is 1.64. The summed E-state index contributed by atoms with van der Waals surface area (Å²) < 4.78 is 27.0. The van der Waals surface area contributed by atoms with Gasteiger partial charge in [-0.3, -0.25) is 0 Å². The van der Waals surface area contributed by atoms with Gasteiger partial charge in [0.25, 0.3) is 0 Å². The Balaban J connectivity index is 3.02. The van der Waals surface area contributed by atoms with Crippen molar-refractivity contribution in [3.05, 3.63) is 24.3 Å². The Kier molecular flexibility index (Phi) is 2.86. The molecule has 5 N–H and O–H groups in total. The minimum absolute atomic E-state index is 0.0883. The predicted molar refractivity (Wildman–Crippen MR) is 46.9 cm³/mol. The van der Waals surface area contributed by atoms with Crippen LogP contribution in [-0.2, 0) is 14.3 Å². The first-order chi connectivity index (χ1) is 6.06. The van der Waals surface area contributed by atoms with Gasteiger partial charge in [0.15, 0.2) is 6.73 Å². The number of anilines is 1. The van der Waals surface area contributed by atoms with E-state index in [1.165, 1.54) is 24.3 Å². The van der Waals surface area contributed by atoms with E-state index in [4.69, 9.17) is 5.73 Å². The van der Waals surface area contributed by atoms with Crippen LogP contribution in [0.15, 0.2) is 29.2 Å². The van der Waals surface area contributed by atoms with E-state index >= 15 is 0 Å². The smallest absolute Gasteiger partial charge is 0.301 e. The molecule has 0 radical (unpaired) electrons. The molecule has 1 aromatic rings. The minimum atomic E-state index is -3.65. The maximum atomic E-state index is 11.2. The van der Waals surface area contributed by atoms with Crippen LogP contribution in [0.2, 0.25) is 0 Å². The van der Waals surface area contributed by atoms with Crippen molar-refractivity contribution in [2.75, 3.05) is 12.5 Å². The summed E-state index contributed by atoms with van der Waals surface area (Å²) in [6, 6.07) is 5.78. The van der Waals surface area contributed by atoms with Crippen molar-refractivity contribution in [3.63, 3.8) is 0 Å². The highest BCUT2D eigenvalue weighted by Crippen LogP contribution is 2.13. The number of nitrogens with two attached hydrogens (primary N) is 1. The Morgan fingerprint density at radius 2 is 1.85 bits per heavy atom. The summed E-state index contributed by atoms with van der Waals surface area (Å²) in [5.74, 6) is 0. The van der Waals surface area contributed by atoms with E-state index in [0.29, 0.717) is 5.69 Å². The van der Waals surface area contributed by atoms with Gasteiger partial charge < -0.3 is 11.5 Å². The molecule has 1 aromatic carbocycles. The quantitative estimate of drug-likeness (QED) is 0.381. The van der Waals surface area contributed by atoms with Gasteiger partial charge in [0.05, 0.1) is 4.90 Å². The van der Waals surface area contributed by atoms with Gasteiger partial charge in [0.2, 0.25) is 0 Å². The number of nitrogen functional groups attached to an aromatic ring is 1. The molecule has 5 nitrogen and oxygen atoms in total. The monoisotopic (exact) mass is 203 g/mol. The van der Waals surface area contributed by atoms with Gasteiger partial charge in [-0.25, -0.2) is 4.18 Å². The molecule has 0 aliphatic heterocycles. The average molecular weight is 203 g/mol. The molecule has 0 saturated heterocycles. The molecular formula is C7H11N2O3S+. The molecule has 0 atom stereocenters. The van der Waals surface area contributed by atoms with Crippen LogP contribution in [-0.4, -0.2) is 15.1 Å². The molecule has 0 unspecified atom stereocenters. The van der Waals surface area contributed by atoms with E-state index in [1.54, 1.807) is 0 Å². The molecular weight excluding hydrogens is 192 g/mol. The third kappa shape index (κ3) is 2.41. The Morgan fingerprint density at radius 1 is 1.31 bits per heavy atom. The third-order valence-electron chi connectivity index (χ3n) is 1.41. The molecule has 6 heteroatoms. The molecule has 0 bridgehead atoms. The van der Waals surface area contributed by atoms with Gasteiger partial charge in [-0.1, -0.05) is 0 Å².